The van der Waals surface area contributed by atoms with Crippen molar-refractivity contribution in [1.82, 2.24) is 0 Å². The van der Waals surface area contributed by atoms with Crippen molar-refractivity contribution in [3.05, 3.63) is 58.3 Å². The molecule has 100 valence electrons. The summed E-state index contributed by atoms with van der Waals surface area (Å²) in [6, 6.07) is 12.8. The van der Waals surface area contributed by atoms with E-state index in [2.05, 4.69) is 40.3 Å². The van der Waals surface area contributed by atoms with E-state index in [1.807, 2.05) is 12.1 Å². The lowest BCUT2D eigenvalue weighted by atomic mass is 10.2. The summed E-state index contributed by atoms with van der Waals surface area (Å²) in [7, 11) is 0. The van der Waals surface area contributed by atoms with Gasteiger partial charge in [0, 0.05) is 12.2 Å². The largest absolute Gasteiger partial charge is 0.492 e. The first-order valence-corrected chi connectivity index (χ1v) is 6.83. The fraction of sp³-hybridized carbons (Fsp3) is 0.200. The number of ether oxygens (including phenoxy) is 1. The highest BCUT2D eigenvalue weighted by Crippen LogP contribution is 2.21. The van der Waals surface area contributed by atoms with Crippen molar-refractivity contribution >= 4 is 21.6 Å². The Kier molecular flexibility index (Phi) is 4.80. The van der Waals surface area contributed by atoms with Crippen LogP contribution in [0, 0.1) is 12.7 Å². The van der Waals surface area contributed by atoms with Crippen molar-refractivity contribution in [2.24, 2.45) is 0 Å². The average Bonchev–Trinajstić information content (AvgIpc) is 2.41. The van der Waals surface area contributed by atoms with Crippen LogP contribution >= 0.6 is 15.9 Å². The lowest BCUT2D eigenvalue weighted by Crippen LogP contribution is -2.11. The second-order valence-electron chi connectivity index (χ2n) is 4.22. The van der Waals surface area contributed by atoms with Crippen LogP contribution in [0.3, 0.4) is 0 Å². The summed E-state index contributed by atoms with van der Waals surface area (Å²) in [4.78, 5) is 0. The Morgan fingerprint density at radius 3 is 2.58 bits per heavy atom. The SMILES string of the molecule is Cc1ccc(NCCOc2ccc(F)c(Br)c2)cc1. The molecule has 0 aromatic heterocycles. The molecule has 0 aliphatic carbocycles. The van der Waals surface area contributed by atoms with Gasteiger partial charge in [0.25, 0.3) is 0 Å². The maximum Gasteiger partial charge on any atom is 0.137 e. The Balaban J connectivity index is 1.77. The van der Waals surface area contributed by atoms with E-state index in [1.165, 1.54) is 11.6 Å². The predicted molar refractivity (Wildman–Crippen MR) is 79.3 cm³/mol. The van der Waals surface area contributed by atoms with Gasteiger partial charge in [-0.3, -0.25) is 0 Å². The van der Waals surface area contributed by atoms with Gasteiger partial charge in [-0.25, -0.2) is 4.39 Å². The minimum absolute atomic E-state index is 0.287. The summed E-state index contributed by atoms with van der Waals surface area (Å²) in [6.45, 7) is 3.27. The van der Waals surface area contributed by atoms with Crippen molar-refractivity contribution in [3.63, 3.8) is 0 Å². The average molecular weight is 324 g/mol. The molecule has 0 aliphatic heterocycles. The molecule has 0 heterocycles. The van der Waals surface area contributed by atoms with Crippen LogP contribution in [0.15, 0.2) is 46.9 Å². The third kappa shape index (κ3) is 4.24. The van der Waals surface area contributed by atoms with E-state index in [1.54, 1.807) is 12.1 Å². The van der Waals surface area contributed by atoms with Gasteiger partial charge in [-0.1, -0.05) is 17.7 Å². The molecular weight excluding hydrogens is 309 g/mol. The number of hydrogen-bond acceptors (Lipinski definition) is 2. The minimum atomic E-state index is -0.287. The van der Waals surface area contributed by atoms with Crippen LogP contribution in [-0.4, -0.2) is 13.2 Å². The predicted octanol–water partition coefficient (Wildman–Crippen LogP) is 4.39. The highest BCUT2D eigenvalue weighted by atomic mass is 79.9. The van der Waals surface area contributed by atoms with Crippen molar-refractivity contribution in [2.75, 3.05) is 18.5 Å². The van der Waals surface area contributed by atoms with E-state index in [0.29, 0.717) is 23.4 Å². The molecule has 0 bridgehead atoms. The molecule has 0 aliphatic rings. The molecule has 2 nitrogen and oxygen atoms in total. The summed E-state index contributed by atoms with van der Waals surface area (Å²) in [6.07, 6.45) is 0. The molecule has 0 radical (unpaired) electrons. The molecule has 0 spiro atoms. The van der Waals surface area contributed by atoms with E-state index in [-0.39, 0.29) is 5.82 Å². The van der Waals surface area contributed by atoms with Crippen LogP contribution in [0.1, 0.15) is 5.56 Å². The summed E-state index contributed by atoms with van der Waals surface area (Å²) >= 11 is 3.13. The van der Waals surface area contributed by atoms with Gasteiger partial charge >= 0.3 is 0 Å². The Hall–Kier alpha value is -1.55. The second-order valence-corrected chi connectivity index (χ2v) is 5.07. The Morgan fingerprint density at radius 1 is 1.16 bits per heavy atom. The number of anilines is 1. The fourth-order valence-electron chi connectivity index (χ4n) is 1.60. The monoisotopic (exact) mass is 323 g/mol. The molecule has 2 rings (SSSR count). The molecule has 0 atom stereocenters. The van der Waals surface area contributed by atoms with Crippen molar-refractivity contribution in [3.8, 4) is 5.75 Å². The molecule has 1 N–H and O–H groups in total. The van der Waals surface area contributed by atoms with Crippen LogP contribution in [0.4, 0.5) is 10.1 Å². The van der Waals surface area contributed by atoms with Crippen LogP contribution in [0.25, 0.3) is 0 Å². The summed E-state index contributed by atoms with van der Waals surface area (Å²) < 4.78 is 19.0. The quantitative estimate of drug-likeness (QED) is 0.824. The van der Waals surface area contributed by atoms with E-state index in [4.69, 9.17) is 4.74 Å². The lowest BCUT2D eigenvalue weighted by molar-refractivity contribution is 0.332. The van der Waals surface area contributed by atoms with Gasteiger partial charge in [0.1, 0.15) is 18.2 Å². The standard InChI is InChI=1S/C15H15BrFNO/c1-11-2-4-12(5-3-11)18-8-9-19-13-6-7-15(17)14(16)10-13/h2-7,10,18H,8-9H2,1H3. The lowest BCUT2D eigenvalue weighted by Gasteiger charge is -2.09. The highest BCUT2D eigenvalue weighted by molar-refractivity contribution is 9.10. The molecule has 2 aromatic rings. The zero-order valence-electron chi connectivity index (χ0n) is 10.6. The zero-order chi connectivity index (χ0) is 13.7. The van der Waals surface area contributed by atoms with Gasteiger partial charge in [0.15, 0.2) is 0 Å². The van der Waals surface area contributed by atoms with Gasteiger partial charge < -0.3 is 10.1 Å². The molecule has 0 saturated carbocycles. The summed E-state index contributed by atoms with van der Waals surface area (Å²) in [5, 5.41) is 3.26. The summed E-state index contributed by atoms with van der Waals surface area (Å²) in [5.41, 5.74) is 2.30. The van der Waals surface area contributed by atoms with Gasteiger partial charge in [-0.05, 0) is 53.2 Å². The van der Waals surface area contributed by atoms with Crippen LogP contribution in [0.5, 0.6) is 5.75 Å². The molecule has 0 fully saturated rings. The van der Waals surface area contributed by atoms with E-state index in [0.717, 1.165) is 5.69 Å². The molecular formula is C15H15BrFNO. The van der Waals surface area contributed by atoms with Gasteiger partial charge in [0.2, 0.25) is 0 Å². The minimum Gasteiger partial charge on any atom is -0.492 e. The van der Waals surface area contributed by atoms with Crippen LogP contribution in [-0.2, 0) is 0 Å². The third-order valence-corrected chi connectivity index (χ3v) is 3.25. The zero-order valence-corrected chi connectivity index (χ0v) is 12.2. The van der Waals surface area contributed by atoms with Crippen molar-refractivity contribution < 1.29 is 9.13 Å². The first-order chi connectivity index (χ1) is 9.15. The number of halogens is 2. The molecule has 0 unspecified atom stereocenters. The second kappa shape index (κ2) is 6.57. The smallest absolute Gasteiger partial charge is 0.137 e. The molecule has 4 heteroatoms. The van der Waals surface area contributed by atoms with Crippen LogP contribution in [0.2, 0.25) is 0 Å². The van der Waals surface area contributed by atoms with Crippen molar-refractivity contribution in [2.45, 2.75) is 6.92 Å². The Morgan fingerprint density at radius 2 is 1.89 bits per heavy atom. The van der Waals surface area contributed by atoms with Gasteiger partial charge in [-0.15, -0.1) is 0 Å². The van der Waals surface area contributed by atoms with E-state index >= 15 is 0 Å². The third-order valence-electron chi connectivity index (χ3n) is 2.64. The van der Waals surface area contributed by atoms with Gasteiger partial charge in [0.05, 0.1) is 4.47 Å². The van der Waals surface area contributed by atoms with Crippen LogP contribution < -0.4 is 10.1 Å². The van der Waals surface area contributed by atoms with Gasteiger partial charge in [-0.2, -0.15) is 0 Å². The fourth-order valence-corrected chi connectivity index (χ4v) is 1.96. The maximum absolute atomic E-state index is 13.0. The molecule has 19 heavy (non-hydrogen) atoms. The highest BCUT2D eigenvalue weighted by Gasteiger charge is 2.00. The molecule has 0 amide bonds. The number of nitrogens with one attached hydrogen (secondary N) is 1. The first kappa shape index (κ1) is 13.9. The Labute approximate surface area is 120 Å². The van der Waals surface area contributed by atoms with Crippen molar-refractivity contribution in [1.29, 1.82) is 0 Å². The number of aryl methyl sites for hydroxylation is 1. The Bertz CT molecular complexity index is 542. The first-order valence-electron chi connectivity index (χ1n) is 6.03. The molecule has 0 saturated heterocycles. The maximum atomic E-state index is 13.0. The normalized spacial score (nSPS) is 10.3. The number of rotatable bonds is 5. The topological polar surface area (TPSA) is 21.3 Å². The summed E-state index contributed by atoms with van der Waals surface area (Å²) in [5.74, 6) is 0.365. The molecule has 2 aromatic carbocycles. The number of benzene rings is 2. The van der Waals surface area contributed by atoms with E-state index in [9.17, 15) is 4.39 Å². The number of hydrogen-bond donors (Lipinski definition) is 1. The van der Waals surface area contributed by atoms with E-state index < -0.39 is 0 Å².